The molecule has 2 saturated heterocycles. The molecule has 0 radical (unpaired) electrons. The van der Waals surface area contributed by atoms with Gasteiger partial charge in [-0.3, -0.25) is 9.69 Å². The number of carboxylic acids is 1. The van der Waals surface area contributed by atoms with Crippen LogP contribution in [0.5, 0.6) is 5.75 Å². The SMILES string of the molecule is CC(=O)CC[C@H]1CN(c2ccc(OCC3CCN(c4nc5c(cc4F)c(=O)c(C(=O)O)cn5C4CC4)C3)c(F)c2)C(=O)O1. The van der Waals surface area contributed by atoms with Gasteiger partial charge in [0.2, 0.25) is 5.43 Å². The molecule has 226 valence electrons. The fourth-order valence-corrected chi connectivity index (χ4v) is 5.63. The van der Waals surface area contributed by atoms with Crippen LogP contribution >= 0.6 is 0 Å². The summed E-state index contributed by atoms with van der Waals surface area (Å²) in [5, 5.41) is 9.37. The molecule has 3 aliphatic rings. The Morgan fingerprint density at radius 2 is 1.91 bits per heavy atom. The first-order valence-electron chi connectivity index (χ1n) is 14.2. The fraction of sp³-hybridized carbons (Fsp3) is 0.433. The van der Waals surface area contributed by atoms with Crippen LogP contribution in [0.3, 0.4) is 0 Å². The van der Waals surface area contributed by atoms with Crippen LogP contribution in [0, 0.1) is 17.6 Å². The zero-order valence-corrected chi connectivity index (χ0v) is 23.4. The van der Waals surface area contributed by atoms with E-state index in [1.165, 1.54) is 30.2 Å². The van der Waals surface area contributed by atoms with Crippen molar-refractivity contribution >= 4 is 40.4 Å². The molecule has 1 unspecified atom stereocenters. The van der Waals surface area contributed by atoms with Gasteiger partial charge >= 0.3 is 12.1 Å². The number of pyridine rings is 2. The largest absolute Gasteiger partial charge is 0.490 e. The molecule has 2 aliphatic heterocycles. The van der Waals surface area contributed by atoms with Gasteiger partial charge in [-0.1, -0.05) is 0 Å². The average molecular weight is 597 g/mol. The zero-order chi connectivity index (χ0) is 30.4. The number of cyclic esters (lactones) is 1. The van der Waals surface area contributed by atoms with Crippen LogP contribution in [0.1, 0.15) is 55.4 Å². The summed E-state index contributed by atoms with van der Waals surface area (Å²) >= 11 is 0. The van der Waals surface area contributed by atoms with Crippen LogP contribution in [0.15, 0.2) is 35.3 Å². The predicted octanol–water partition coefficient (Wildman–Crippen LogP) is 4.31. The Labute approximate surface area is 244 Å². The second-order valence-electron chi connectivity index (χ2n) is 11.4. The van der Waals surface area contributed by atoms with E-state index in [2.05, 4.69) is 4.98 Å². The van der Waals surface area contributed by atoms with Crippen molar-refractivity contribution in [2.24, 2.45) is 5.92 Å². The quantitative estimate of drug-likeness (QED) is 0.364. The second-order valence-corrected chi connectivity index (χ2v) is 11.4. The molecule has 1 saturated carbocycles. The number of ether oxygens (including phenoxy) is 2. The molecule has 3 aromatic rings. The van der Waals surface area contributed by atoms with Crippen molar-refractivity contribution in [2.75, 3.05) is 36.0 Å². The van der Waals surface area contributed by atoms with E-state index in [1.54, 1.807) is 15.5 Å². The molecule has 2 atom stereocenters. The standard InChI is InChI=1S/C30H30F2N4O7/c1-16(37)2-6-20-13-36(30(41)43-20)19-5-7-25(23(31)10-19)42-15-17-8-9-34(12-17)28-24(32)11-21-26(38)22(29(39)40)14-35(18-3-4-18)27(21)33-28/h5,7,10-11,14,17-18,20H,2-4,6,8-9,12-13,15H2,1H3,(H,39,40)/t17?,20-/m0/s1. The molecule has 1 amide bonds. The van der Waals surface area contributed by atoms with Crippen LogP contribution in [0.2, 0.25) is 0 Å². The first-order chi connectivity index (χ1) is 20.6. The number of carbonyl (C=O) groups excluding carboxylic acids is 2. The number of anilines is 2. The molecule has 0 spiro atoms. The number of carboxylic acid groups (broad SMARTS) is 1. The Morgan fingerprint density at radius 3 is 2.60 bits per heavy atom. The van der Waals surface area contributed by atoms with E-state index in [4.69, 9.17) is 9.47 Å². The van der Waals surface area contributed by atoms with Crippen LogP contribution in [-0.2, 0) is 9.53 Å². The highest BCUT2D eigenvalue weighted by Gasteiger charge is 2.33. The van der Waals surface area contributed by atoms with Gasteiger partial charge in [0.05, 0.1) is 24.2 Å². The number of ketones is 1. The molecule has 6 rings (SSSR count). The molecule has 3 fully saturated rings. The predicted molar refractivity (Wildman–Crippen MR) is 151 cm³/mol. The molecule has 4 heterocycles. The van der Waals surface area contributed by atoms with E-state index < -0.39 is 40.8 Å². The monoisotopic (exact) mass is 596 g/mol. The summed E-state index contributed by atoms with van der Waals surface area (Å²) in [6, 6.07) is 5.29. The molecule has 43 heavy (non-hydrogen) atoms. The van der Waals surface area contributed by atoms with E-state index in [0.717, 1.165) is 18.9 Å². The fourth-order valence-electron chi connectivity index (χ4n) is 5.63. The van der Waals surface area contributed by atoms with E-state index >= 15 is 4.39 Å². The minimum absolute atomic E-state index is 0.00160. The van der Waals surface area contributed by atoms with Gasteiger partial charge in [-0.05, 0) is 50.8 Å². The molecule has 1 aromatic carbocycles. The molecule has 0 bridgehead atoms. The van der Waals surface area contributed by atoms with E-state index in [9.17, 15) is 28.7 Å². The summed E-state index contributed by atoms with van der Waals surface area (Å²) in [4.78, 5) is 55.4. The molecule has 11 nitrogen and oxygen atoms in total. The summed E-state index contributed by atoms with van der Waals surface area (Å²) in [6.45, 7) is 2.71. The van der Waals surface area contributed by atoms with Gasteiger partial charge in [0, 0.05) is 43.7 Å². The van der Waals surface area contributed by atoms with Crippen molar-refractivity contribution in [3.8, 4) is 5.75 Å². The van der Waals surface area contributed by atoms with Gasteiger partial charge in [0.25, 0.3) is 0 Å². The third kappa shape index (κ3) is 5.75. The van der Waals surface area contributed by atoms with Crippen LogP contribution in [0.4, 0.5) is 25.1 Å². The lowest BCUT2D eigenvalue weighted by Gasteiger charge is -2.20. The van der Waals surface area contributed by atoms with E-state index in [1.807, 2.05) is 0 Å². The molecular weight excluding hydrogens is 566 g/mol. The van der Waals surface area contributed by atoms with Crippen molar-refractivity contribution in [1.29, 1.82) is 0 Å². The van der Waals surface area contributed by atoms with Crippen molar-refractivity contribution < 1.29 is 37.7 Å². The zero-order valence-electron chi connectivity index (χ0n) is 23.4. The Morgan fingerprint density at radius 1 is 1.12 bits per heavy atom. The summed E-state index contributed by atoms with van der Waals surface area (Å²) < 4.78 is 42.9. The van der Waals surface area contributed by atoms with Gasteiger partial charge in [0.15, 0.2) is 23.2 Å². The molecule has 1 aliphatic carbocycles. The smallest absolute Gasteiger partial charge is 0.414 e. The maximum Gasteiger partial charge on any atom is 0.414 e. The number of carbonyl (C=O) groups is 3. The van der Waals surface area contributed by atoms with Crippen molar-refractivity contribution in [1.82, 2.24) is 9.55 Å². The summed E-state index contributed by atoms with van der Waals surface area (Å²) in [6.07, 6.45) is 3.22. The van der Waals surface area contributed by atoms with Gasteiger partial charge in [0.1, 0.15) is 23.1 Å². The highest BCUT2D eigenvalue weighted by Crippen LogP contribution is 2.37. The second kappa shape index (κ2) is 11.3. The average Bonchev–Trinajstić information content (AvgIpc) is 3.58. The molecule has 1 N–H and O–H groups in total. The normalized spacial score (nSPS) is 20.1. The number of Topliss-reactive ketones (excluding diaryl/α,β-unsaturated/α-hetero) is 1. The van der Waals surface area contributed by atoms with Crippen LogP contribution in [-0.4, -0.2) is 64.8 Å². The lowest BCUT2D eigenvalue weighted by Crippen LogP contribution is -2.26. The number of hydrogen-bond donors (Lipinski definition) is 1. The van der Waals surface area contributed by atoms with Gasteiger partial charge in [-0.15, -0.1) is 0 Å². The highest BCUT2D eigenvalue weighted by atomic mass is 19.1. The first kappa shape index (κ1) is 28.6. The number of rotatable bonds is 10. The van der Waals surface area contributed by atoms with Gasteiger partial charge in [-0.2, -0.15) is 0 Å². The summed E-state index contributed by atoms with van der Waals surface area (Å²) in [5.74, 6) is -2.71. The Kier molecular flexibility index (Phi) is 7.49. The molecule has 13 heteroatoms. The van der Waals surface area contributed by atoms with Crippen molar-refractivity contribution in [3.05, 3.63) is 57.9 Å². The molecular formula is C30H30F2N4O7. The Balaban J connectivity index is 1.12. The maximum atomic E-state index is 15.2. The maximum absolute atomic E-state index is 15.2. The number of hydrogen-bond acceptors (Lipinski definition) is 8. The number of aromatic nitrogens is 2. The number of amides is 1. The lowest BCUT2D eigenvalue weighted by molar-refractivity contribution is -0.117. The number of fused-ring (bicyclic) bond motifs is 1. The van der Waals surface area contributed by atoms with Crippen molar-refractivity contribution in [2.45, 2.75) is 51.2 Å². The highest BCUT2D eigenvalue weighted by molar-refractivity contribution is 5.92. The minimum Gasteiger partial charge on any atom is -0.490 e. The Hall–Kier alpha value is -4.55. The number of halogens is 2. The van der Waals surface area contributed by atoms with Gasteiger partial charge < -0.3 is 28.8 Å². The molecule has 2 aromatic heterocycles. The summed E-state index contributed by atoms with van der Waals surface area (Å²) in [5.41, 5.74) is -0.609. The Bertz CT molecular complexity index is 1690. The third-order valence-corrected chi connectivity index (χ3v) is 8.09. The lowest BCUT2D eigenvalue weighted by atomic mass is 10.1. The van der Waals surface area contributed by atoms with Gasteiger partial charge in [-0.25, -0.2) is 23.4 Å². The van der Waals surface area contributed by atoms with Crippen LogP contribution in [0.25, 0.3) is 11.0 Å². The topological polar surface area (TPSA) is 131 Å². The number of aromatic carboxylic acids is 1. The first-order valence-corrected chi connectivity index (χ1v) is 14.2. The van der Waals surface area contributed by atoms with E-state index in [-0.39, 0.29) is 53.5 Å². The van der Waals surface area contributed by atoms with E-state index in [0.29, 0.717) is 38.0 Å². The van der Waals surface area contributed by atoms with Crippen molar-refractivity contribution in [3.63, 3.8) is 0 Å². The third-order valence-electron chi connectivity index (χ3n) is 8.09. The van der Waals surface area contributed by atoms with Crippen LogP contribution < -0.4 is 20.0 Å². The minimum atomic E-state index is -1.37. The number of nitrogens with zero attached hydrogens (tertiary/aromatic N) is 4. The summed E-state index contributed by atoms with van der Waals surface area (Å²) in [7, 11) is 0. The number of benzene rings is 1.